The normalized spacial score (nSPS) is 15.2. The summed E-state index contributed by atoms with van der Waals surface area (Å²) < 4.78 is 15.3. The topological polar surface area (TPSA) is 94.2 Å². The second kappa shape index (κ2) is 11.4. The molecule has 1 aliphatic heterocycles. The van der Waals surface area contributed by atoms with Gasteiger partial charge in [0, 0.05) is 13.1 Å². The van der Waals surface area contributed by atoms with Crippen LogP contribution in [0.5, 0.6) is 0 Å². The molecule has 1 heterocycles. The number of rotatable bonds is 6. The molecule has 1 N–H and O–H groups in total. The number of methoxy groups -OCH3 is 1. The third kappa shape index (κ3) is 8.70. The van der Waals surface area contributed by atoms with E-state index in [1.165, 1.54) is 7.11 Å². The van der Waals surface area contributed by atoms with Crippen LogP contribution in [-0.4, -0.2) is 48.9 Å². The van der Waals surface area contributed by atoms with E-state index in [0.717, 1.165) is 18.4 Å². The smallest absolute Gasteiger partial charge is 0.412 e. The first kappa shape index (κ1) is 24.2. The van der Waals surface area contributed by atoms with E-state index in [0.29, 0.717) is 19.5 Å². The number of esters is 1. The Balaban J connectivity index is 1.82. The van der Waals surface area contributed by atoms with Gasteiger partial charge in [0.2, 0.25) is 0 Å². The molecule has 0 unspecified atom stereocenters. The zero-order chi connectivity index (χ0) is 22.9. The van der Waals surface area contributed by atoms with Crippen LogP contribution in [0.3, 0.4) is 0 Å². The van der Waals surface area contributed by atoms with E-state index in [9.17, 15) is 14.4 Å². The Labute approximate surface area is 183 Å². The highest BCUT2D eigenvalue weighted by molar-refractivity contribution is 5.92. The fourth-order valence-corrected chi connectivity index (χ4v) is 3.16. The molecule has 2 rings (SSSR count). The molecule has 170 valence electrons. The third-order valence-electron chi connectivity index (χ3n) is 4.77. The fraction of sp³-hybridized carbons (Fsp3) is 0.522. The first-order valence-corrected chi connectivity index (χ1v) is 10.4. The number of carbonyl (C=O) groups excluding carboxylic acids is 3. The molecule has 1 aromatic carbocycles. The minimum absolute atomic E-state index is 0.0569. The van der Waals surface area contributed by atoms with E-state index in [1.54, 1.807) is 31.7 Å². The number of carbonyl (C=O) groups is 3. The van der Waals surface area contributed by atoms with Crippen LogP contribution >= 0.6 is 0 Å². The molecule has 8 heteroatoms. The Morgan fingerprint density at radius 2 is 1.77 bits per heavy atom. The van der Waals surface area contributed by atoms with Gasteiger partial charge in [-0.15, -0.1) is 0 Å². The minimum atomic E-state index is -0.708. The van der Waals surface area contributed by atoms with Crippen molar-refractivity contribution < 1.29 is 28.6 Å². The van der Waals surface area contributed by atoms with Gasteiger partial charge in [-0.05, 0) is 51.5 Å². The third-order valence-corrected chi connectivity index (χ3v) is 4.77. The molecule has 31 heavy (non-hydrogen) atoms. The Morgan fingerprint density at radius 3 is 2.35 bits per heavy atom. The summed E-state index contributed by atoms with van der Waals surface area (Å²) >= 11 is 0. The van der Waals surface area contributed by atoms with E-state index in [1.807, 2.05) is 30.3 Å². The van der Waals surface area contributed by atoms with Crippen LogP contribution in [0.4, 0.5) is 9.59 Å². The average molecular weight is 433 g/mol. The lowest BCUT2D eigenvalue weighted by molar-refractivity contribution is -0.136. The zero-order valence-electron chi connectivity index (χ0n) is 18.7. The van der Waals surface area contributed by atoms with Gasteiger partial charge in [-0.2, -0.15) is 0 Å². The molecule has 0 atom stereocenters. The molecular weight excluding hydrogens is 400 g/mol. The van der Waals surface area contributed by atoms with E-state index >= 15 is 0 Å². The quantitative estimate of drug-likeness (QED) is 0.415. The van der Waals surface area contributed by atoms with Gasteiger partial charge >= 0.3 is 18.2 Å². The van der Waals surface area contributed by atoms with Gasteiger partial charge in [-0.25, -0.2) is 14.4 Å². The summed E-state index contributed by atoms with van der Waals surface area (Å²) in [6, 6.07) is 9.55. The van der Waals surface area contributed by atoms with Gasteiger partial charge < -0.3 is 19.1 Å². The minimum Gasteiger partial charge on any atom is -0.464 e. The van der Waals surface area contributed by atoms with Crippen LogP contribution in [0.1, 0.15) is 45.6 Å². The van der Waals surface area contributed by atoms with Crippen LogP contribution in [0.25, 0.3) is 0 Å². The van der Waals surface area contributed by atoms with Gasteiger partial charge in [0.05, 0.1) is 7.11 Å². The first-order chi connectivity index (χ1) is 14.7. The molecule has 1 aliphatic rings. The molecule has 0 radical (unpaired) electrons. The summed E-state index contributed by atoms with van der Waals surface area (Å²) in [7, 11) is 1.26. The lowest BCUT2D eigenvalue weighted by atomic mass is 9.93. The van der Waals surface area contributed by atoms with Gasteiger partial charge in [-0.1, -0.05) is 36.4 Å². The van der Waals surface area contributed by atoms with Crippen molar-refractivity contribution in [2.24, 2.45) is 5.92 Å². The molecule has 0 aromatic heterocycles. The van der Waals surface area contributed by atoms with Crippen molar-refractivity contribution >= 4 is 18.2 Å². The van der Waals surface area contributed by atoms with Crippen molar-refractivity contribution in [3.8, 4) is 0 Å². The van der Waals surface area contributed by atoms with Crippen LogP contribution in [0.15, 0.2) is 42.1 Å². The van der Waals surface area contributed by atoms with Crippen molar-refractivity contribution in [3.63, 3.8) is 0 Å². The number of benzene rings is 1. The number of likely N-dealkylation sites (tertiary alicyclic amines) is 1. The summed E-state index contributed by atoms with van der Waals surface area (Å²) in [6.45, 7) is 6.64. The predicted octanol–water partition coefficient (Wildman–Crippen LogP) is 4.01. The molecule has 2 amide bonds. The SMILES string of the molecule is COC(=O)/C(=C/CC1CCN(C(=O)OCc2ccccc2)CC1)NC(=O)OC(C)(C)C. The number of allylic oxidation sites excluding steroid dienone is 1. The summed E-state index contributed by atoms with van der Waals surface area (Å²) in [5, 5.41) is 2.46. The highest BCUT2D eigenvalue weighted by atomic mass is 16.6. The molecule has 0 saturated carbocycles. The van der Waals surface area contributed by atoms with Crippen LogP contribution in [-0.2, 0) is 25.6 Å². The van der Waals surface area contributed by atoms with Crippen LogP contribution in [0, 0.1) is 5.92 Å². The van der Waals surface area contributed by atoms with Crippen molar-refractivity contribution in [1.82, 2.24) is 10.2 Å². The number of hydrogen-bond acceptors (Lipinski definition) is 6. The molecule has 1 saturated heterocycles. The number of nitrogens with zero attached hydrogens (tertiary/aromatic N) is 1. The van der Waals surface area contributed by atoms with E-state index < -0.39 is 17.7 Å². The summed E-state index contributed by atoms with van der Waals surface area (Å²) in [4.78, 5) is 37.9. The standard InChI is InChI=1S/C23H32N2O6/c1-23(2,3)31-21(27)24-19(20(26)29-4)11-10-17-12-14-25(15-13-17)22(28)30-16-18-8-6-5-7-9-18/h5-9,11,17H,10,12-16H2,1-4H3,(H,24,27)/b19-11-. The second-order valence-electron chi connectivity index (χ2n) is 8.44. The molecular formula is C23H32N2O6. The molecule has 1 aromatic rings. The number of piperidine rings is 1. The lowest BCUT2D eigenvalue weighted by Crippen LogP contribution is -2.38. The van der Waals surface area contributed by atoms with Gasteiger partial charge in [-0.3, -0.25) is 5.32 Å². The predicted molar refractivity (Wildman–Crippen MR) is 115 cm³/mol. The summed E-state index contributed by atoms with van der Waals surface area (Å²) in [5.41, 5.74) is 0.331. The van der Waals surface area contributed by atoms with E-state index in [2.05, 4.69) is 5.32 Å². The van der Waals surface area contributed by atoms with Crippen molar-refractivity contribution in [3.05, 3.63) is 47.7 Å². The Kier molecular flexibility index (Phi) is 8.90. The number of hydrogen-bond donors (Lipinski definition) is 1. The van der Waals surface area contributed by atoms with Crippen molar-refractivity contribution in [2.75, 3.05) is 20.2 Å². The Hall–Kier alpha value is -3.03. The maximum Gasteiger partial charge on any atom is 0.412 e. The fourth-order valence-electron chi connectivity index (χ4n) is 3.16. The molecule has 8 nitrogen and oxygen atoms in total. The zero-order valence-corrected chi connectivity index (χ0v) is 18.7. The van der Waals surface area contributed by atoms with Gasteiger partial charge in [0.15, 0.2) is 0 Å². The molecule has 0 bridgehead atoms. The number of nitrogens with one attached hydrogen (secondary N) is 1. The highest BCUT2D eigenvalue weighted by Gasteiger charge is 2.24. The molecule has 1 fully saturated rings. The van der Waals surface area contributed by atoms with E-state index in [4.69, 9.17) is 14.2 Å². The monoisotopic (exact) mass is 432 g/mol. The largest absolute Gasteiger partial charge is 0.464 e. The van der Waals surface area contributed by atoms with Crippen molar-refractivity contribution in [2.45, 2.75) is 52.2 Å². The van der Waals surface area contributed by atoms with Gasteiger partial charge in [0.1, 0.15) is 17.9 Å². The maximum atomic E-state index is 12.3. The maximum absolute atomic E-state index is 12.3. The highest BCUT2D eigenvalue weighted by Crippen LogP contribution is 2.22. The van der Waals surface area contributed by atoms with Gasteiger partial charge in [0.25, 0.3) is 0 Å². The molecule has 0 spiro atoms. The van der Waals surface area contributed by atoms with Crippen LogP contribution < -0.4 is 5.32 Å². The number of ether oxygens (including phenoxy) is 3. The summed E-state index contributed by atoms with van der Waals surface area (Å²) in [5.74, 6) is -0.356. The molecule has 0 aliphatic carbocycles. The second-order valence-corrected chi connectivity index (χ2v) is 8.44. The Bertz CT molecular complexity index is 777. The van der Waals surface area contributed by atoms with Crippen molar-refractivity contribution in [1.29, 1.82) is 0 Å². The van der Waals surface area contributed by atoms with Crippen LogP contribution in [0.2, 0.25) is 0 Å². The Morgan fingerprint density at radius 1 is 1.13 bits per heavy atom. The average Bonchev–Trinajstić information content (AvgIpc) is 2.74. The lowest BCUT2D eigenvalue weighted by Gasteiger charge is -2.31. The first-order valence-electron chi connectivity index (χ1n) is 10.4. The summed E-state index contributed by atoms with van der Waals surface area (Å²) in [6.07, 6.45) is 2.76. The van der Waals surface area contributed by atoms with E-state index in [-0.39, 0.29) is 24.3 Å². The number of alkyl carbamates (subject to hydrolysis) is 1. The number of amides is 2.